The Labute approximate surface area is 206 Å². The lowest BCUT2D eigenvalue weighted by molar-refractivity contribution is -0.0964. The first-order valence-corrected chi connectivity index (χ1v) is 10.8. The molecule has 1 amide bonds. The Morgan fingerprint density at radius 3 is 2.44 bits per heavy atom. The Morgan fingerprint density at radius 2 is 1.86 bits per heavy atom. The molecule has 36 heavy (non-hydrogen) atoms. The summed E-state index contributed by atoms with van der Waals surface area (Å²) in [7, 11) is 0. The fourth-order valence-corrected chi connectivity index (χ4v) is 3.75. The van der Waals surface area contributed by atoms with Gasteiger partial charge in [0, 0.05) is 46.4 Å². The maximum absolute atomic E-state index is 13.8. The lowest BCUT2D eigenvalue weighted by Gasteiger charge is -2.17. The summed E-state index contributed by atoms with van der Waals surface area (Å²) < 4.78 is 58.7. The predicted molar refractivity (Wildman–Crippen MR) is 123 cm³/mol. The van der Waals surface area contributed by atoms with E-state index in [9.17, 15) is 27.5 Å². The molecule has 13 heteroatoms. The summed E-state index contributed by atoms with van der Waals surface area (Å²) in [5, 5.41) is 12.3. The number of nitrogens with one attached hydrogen (secondary N) is 1. The van der Waals surface area contributed by atoms with Gasteiger partial charge in [-0.2, -0.15) is 0 Å². The molecule has 2 aromatic carbocycles. The van der Waals surface area contributed by atoms with Crippen molar-refractivity contribution in [3.63, 3.8) is 0 Å². The van der Waals surface area contributed by atoms with E-state index in [1.54, 1.807) is 6.92 Å². The maximum Gasteiger partial charge on any atom is 0.487 e. The molecule has 0 radical (unpaired) electrons. The average Bonchev–Trinajstić information content (AvgIpc) is 3.24. The van der Waals surface area contributed by atoms with Crippen molar-refractivity contribution in [2.45, 2.75) is 25.0 Å². The second kappa shape index (κ2) is 10.1. The van der Waals surface area contributed by atoms with Gasteiger partial charge in [0.1, 0.15) is 12.1 Å². The molecule has 2 aromatic heterocycles. The molecule has 0 spiro atoms. The van der Waals surface area contributed by atoms with E-state index < -0.39 is 36.4 Å². The first-order chi connectivity index (χ1) is 17.1. The van der Waals surface area contributed by atoms with Gasteiger partial charge in [-0.1, -0.05) is 0 Å². The second-order valence-electron chi connectivity index (χ2n) is 7.72. The number of benzene rings is 2. The highest BCUT2D eigenvalue weighted by atomic mass is 35.5. The van der Waals surface area contributed by atoms with E-state index in [2.05, 4.69) is 25.0 Å². The molecule has 0 aliphatic carbocycles. The number of aromatic nitrogens is 4. The summed E-state index contributed by atoms with van der Waals surface area (Å²) in [6, 6.07) is 7.11. The van der Waals surface area contributed by atoms with Crippen LogP contribution in [0.3, 0.4) is 0 Å². The fraction of sp³-hybridized carbons (Fsp3) is 0.217. The third-order valence-electron chi connectivity index (χ3n) is 5.19. The monoisotopic (exact) mass is 523 g/mol. The van der Waals surface area contributed by atoms with Crippen LogP contribution in [0.4, 0.5) is 23.2 Å². The van der Waals surface area contributed by atoms with Crippen molar-refractivity contribution in [2.75, 3.05) is 11.9 Å². The van der Waals surface area contributed by atoms with Crippen LogP contribution < -0.4 is 10.1 Å². The summed E-state index contributed by atoms with van der Waals surface area (Å²) in [6.45, 7) is 1.14. The number of hydrogen-bond acceptors (Lipinski definition) is 6. The van der Waals surface area contributed by atoms with Crippen LogP contribution in [0.5, 0.6) is 5.75 Å². The number of aliphatic hydroxyl groups is 1. The topological polar surface area (TPSA) is 102 Å². The normalized spacial score (nSPS) is 12.7. The number of alkyl halides is 5. The number of imidazole rings is 1. The third-order valence-corrected chi connectivity index (χ3v) is 5.27. The predicted octanol–water partition coefficient (Wildman–Crippen LogP) is 5.40. The SMILES string of the molecule is CC(CO)n1c(C(F)F)nc2cc(C(=O)Nc3ccc(OC(F)(F)Cl)cc3)cc(-c3cncnc3)c21. The van der Waals surface area contributed by atoms with E-state index >= 15 is 0 Å². The summed E-state index contributed by atoms with van der Waals surface area (Å²) >= 11 is 4.74. The highest BCUT2D eigenvalue weighted by Gasteiger charge is 2.28. The zero-order chi connectivity index (χ0) is 26.0. The summed E-state index contributed by atoms with van der Waals surface area (Å²) in [5.74, 6) is -1.40. The van der Waals surface area contributed by atoms with Crippen molar-refractivity contribution in [3.8, 4) is 16.9 Å². The van der Waals surface area contributed by atoms with E-state index in [-0.39, 0.29) is 28.0 Å². The molecule has 2 N–H and O–H groups in total. The van der Waals surface area contributed by atoms with E-state index in [0.29, 0.717) is 11.1 Å². The quantitative estimate of drug-likeness (QED) is 0.237. The minimum atomic E-state index is -3.88. The van der Waals surface area contributed by atoms with Gasteiger partial charge in [-0.3, -0.25) is 4.79 Å². The van der Waals surface area contributed by atoms with Gasteiger partial charge in [-0.25, -0.2) is 23.7 Å². The van der Waals surface area contributed by atoms with Crippen LogP contribution in [0.25, 0.3) is 22.2 Å². The average molecular weight is 524 g/mol. The van der Waals surface area contributed by atoms with Gasteiger partial charge in [-0.15, -0.1) is 8.78 Å². The van der Waals surface area contributed by atoms with E-state index in [1.807, 2.05) is 0 Å². The van der Waals surface area contributed by atoms with Crippen LogP contribution >= 0.6 is 11.6 Å². The minimum Gasteiger partial charge on any atom is -0.420 e. The van der Waals surface area contributed by atoms with Crippen LogP contribution in [0.15, 0.2) is 55.1 Å². The van der Waals surface area contributed by atoms with E-state index in [0.717, 1.165) is 0 Å². The number of rotatable bonds is 8. The van der Waals surface area contributed by atoms with Crippen molar-refractivity contribution in [2.24, 2.45) is 0 Å². The molecule has 188 valence electrons. The van der Waals surface area contributed by atoms with E-state index in [4.69, 9.17) is 11.6 Å². The maximum atomic E-state index is 13.8. The Hall–Kier alpha value is -3.77. The molecule has 4 rings (SSSR count). The molecule has 0 aliphatic rings. The van der Waals surface area contributed by atoms with Crippen LogP contribution in [-0.4, -0.2) is 42.7 Å². The molecular weight excluding hydrogens is 506 g/mol. The molecule has 0 aliphatic heterocycles. The van der Waals surface area contributed by atoms with Crippen molar-refractivity contribution < 1.29 is 32.2 Å². The molecular formula is C23H18ClF4N5O3. The van der Waals surface area contributed by atoms with Gasteiger partial charge in [0.25, 0.3) is 12.3 Å². The minimum absolute atomic E-state index is 0.0797. The molecule has 2 heterocycles. The van der Waals surface area contributed by atoms with Gasteiger partial charge in [0.2, 0.25) is 0 Å². The number of ether oxygens (including phenoxy) is 1. The first kappa shape index (κ1) is 25.3. The fourth-order valence-electron chi connectivity index (χ4n) is 3.66. The van der Waals surface area contributed by atoms with Gasteiger partial charge in [0.15, 0.2) is 5.82 Å². The largest absolute Gasteiger partial charge is 0.487 e. The van der Waals surface area contributed by atoms with Crippen LogP contribution in [0.2, 0.25) is 0 Å². The number of aliphatic hydroxyl groups excluding tert-OH is 1. The van der Waals surface area contributed by atoms with Crippen LogP contribution in [-0.2, 0) is 0 Å². The van der Waals surface area contributed by atoms with Gasteiger partial charge in [-0.05, 0) is 43.3 Å². The van der Waals surface area contributed by atoms with E-state index in [1.165, 1.54) is 59.7 Å². The number of carbonyl (C=O) groups excluding carboxylic acids is 1. The van der Waals surface area contributed by atoms with Crippen LogP contribution in [0.1, 0.15) is 35.6 Å². The first-order valence-electron chi connectivity index (χ1n) is 10.4. The van der Waals surface area contributed by atoms with Crippen molar-refractivity contribution in [1.29, 1.82) is 0 Å². The highest BCUT2D eigenvalue weighted by molar-refractivity contribution is 6.20. The number of anilines is 1. The van der Waals surface area contributed by atoms with Crippen molar-refractivity contribution in [1.82, 2.24) is 19.5 Å². The Morgan fingerprint density at radius 1 is 1.19 bits per heavy atom. The Balaban J connectivity index is 1.78. The number of halogens is 5. The third kappa shape index (κ3) is 5.39. The number of fused-ring (bicyclic) bond motifs is 1. The molecule has 0 bridgehead atoms. The van der Waals surface area contributed by atoms with Gasteiger partial charge in [0.05, 0.1) is 23.7 Å². The molecule has 4 aromatic rings. The standard InChI is InChI=1S/C23H18ClF4N5O3/c1-12(10-34)33-19-17(14-8-29-11-30-9-14)6-13(7-18(19)32-21(33)20(25)26)22(35)31-15-2-4-16(5-3-15)36-23(24,27)28/h2-9,11-12,20,34H,10H2,1H3,(H,31,35). The lowest BCUT2D eigenvalue weighted by Crippen LogP contribution is -2.16. The second-order valence-corrected chi connectivity index (χ2v) is 8.16. The van der Waals surface area contributed by atoms with Gasteiger partial charge >= 0.3 is 5.57 Å². The molecule has 0 fully saturated rings. The van der Waals surface area contributed by atoms with Gasteiger partial charge < -0.3 is 19.7 Å². The Kier molecular flexibility index (Phi) is 7.09. The Bertz CT molecular complexity index is 1380. The van der Waals surface area contributed by atoms with Crippen molar-refractivity contribution in [3.05, 3.63) is 66.5 Å². The van der Waals surface area contributed by atoms with Crippen LogP contribution in [0, 0.1) is 0 Å². The number of carbonyl (C=O) groups is 1. The molecule has 0 saturated heterocycles. The zero-order valence-corrected chi connectivity index (χ0v) is 19.3. The molecule has 8 nitrogen and oxygen atoms in total. The molecule has 0 saturated carbocycles. The van der Waals surface area contributed by atoms with Crippen molar-refractivity contribution >= 4 is 34.2 Å². The zero-order valence-electron chi connectivity index (χ0n) is 18.5. The molecule has 1 atom stereocenters. The summed E-state index contributed by atoms with van der Waals surface area (Å²) in [4.78, 5) is 25.0. The highest BCUT2D eigenvalue weighted by Crippen LogP contribution is 2.35. The lowest BCUT2D eigenvalue weighted by atomic mass is 10.0. The number of nitrogens with zero attached hydrogens (tertiary/aromatic N) is 4. The number of amides is 1. The summed E-state index contributed by atoms with van der Waals surface area (Å²) in [6.07, 6.45) is 1.27. The summed E-state index contributed by atoms with van der Waals surface area (Å²) in [5.41, 5.74) is -2.38. The number of hydrogen-bond donors (Lipinski definition) is 2. The molecule has 1 unspecified atom stereocenters. The smallest absolute Gasteiger partial charge is 0.420 e.